The minimum absolute atomic E-state index is 0.00707. The minimum Gasteiger partial charge on any atom is -0.392 e. The summed E-state index contributed by atoms with van der Waals surface area (Å²) in [6.07, 6.45) is -0.757. The van der Waals surface area contributed by atoms with Gasteiger partial charge < -0.3 is 25.4 Å². The van der Waals surface area contributed by atoms with Crippen molar-refractivity contribution in [1.82, 2.24) is 4.90 Å². The van der Waals surface area contributed by atoms with Crippen molar-refractivity contribution in [3.63, 3.8) is 0 Å². The Hall–Kier alpha value is -3.36. The van der Waals surface area contributed by atoms with Crippen LogP contribution in [0.4, 0.5) is 0 Å². The predicted octanol–water partition coefficient (Wildman–Crippen LogP) is 5.90. The molecule has 1 aliphatic heterocycles. The topological polar surface area (TPSA) is 88.2 Å². The van der Waals surface area contributed by atoms with Gasteiger partial charge in [-0.25, -0.2) is 0 Å². The predicted molar refractivity (Wildman–Crippen MR) is 162 cm³/mol. The van der Waals surface area contributed by atoms with Gasteiger partial charge in [0, 0.05) is 31.1 Å². The highest BCUT2D eigenvalue weighted by Crippen LogP contribution is 2.39. The third-order valence-electron chi connectivity index (χ3n) is 8.08. The molecule has 4 aromatic rings. The smallest absolute Gasteiger partial charge is 0.184 e. The lowest BCUT2D eigenvalue weighted by molar-refractivity contribution is -0.253. The van der Waals surface area contributed by atoms with Crippen LogP contribution in [0, 0.1) is 0 Å². The van der Waals surface area contributed by atoms with E-state index in [1.54, 1.807) is 0 Å². The van der Waals surface area contributed by atoms with Crippen LogP contribution in [-0.4, -0.2) is 40.9 Å². The first-order valence-corrected chi connectivity index (χ1v) is 14.3. The van der Waals surface area contributed by atoms with Gasteiger partial charge in [-0.05, 0) is 53.4 Å². The fraction of sp³-hybridized carbons (Fsp3) is 0.314. The summed E-state index contributed by atoms with van der Waals surface area (Å²) in [6, 6.07) is 34.2. The van der Waals surface area contributed by atoms with Gasteiger partial charge in [0.25, 0.3) is 0 Å². The van der Waals surface area contributed by atoms with Crippen LogP contribution in [0.1, 0.15) is 59.7 Å². The third kappa shape index (κ3) is 7.11. The molecule has 5 unspecified atom stereocenters. The molecule has 0 aliphatic carbocycles. The van der Waals surface area contributed by atoms with Crippen molar-refractivity contribution in [2.24, 2.45) is 5.73 Å². The third-order valence-corrected chi connectivity index (χ3v) is 8.08. The number of aliphatic hydroxyl groups is 2. The summed E-state index contributed by atoms with van der Waals surface area (Å²) in [5, 5.41) is 20.5. The molecule has 0 spiro atoms. The highest BCUT2D eigenvalue weighted by Gasteiger charge is 2.34. The van der Waals surface area contributed by atoms with Gasteiger partial charge in [-0.3, -0.25) is 4.90 Å². The molecular weight excluding hydrogens is 512 g/mol. The molecule has 0 saturated carbocycles. The van der Waals surface area contributed by atoms with Gasteiger partial charge in [0.05, 0.1) is 24.9 Å². The molecule has 6 nitrogen and oxygen atoms in total. The van der Waals surface area contributed by atoms with E-state index < -0.39 is 12.4 Å². The first kappa shape index (κ1) is 29.1. The van der Waals surface area contributed by atoms with E-state index in [2.05, 4.69) is 41.3 Å². The van der Waals surface area contributed by atoms with Crippen molar-refractivity contribution in [3.05, 3.63) is 131 Å². The molecule has 4 aromatic carbocycles. The maximum Gasteiger partial charge on any atom is 0.184 e. The van der Waals surface area contributed by atoms with Crippen LogP contribution in [-0.2, 0) is 22.6 Å². The number of nitrogens with two attached hydrogens (primary N) is 1. The van der Waals surface area contributed by atoms with Crippen molar-refractivity contribution < 1.29 is 19.7 Å². The first-order valence-electron chi connectivity index (χ1n) is 14.3. The van der Waals surface area contributed by atoms with Crippen molar-refractivity contribution in [2.45, 2.75) is 57.1 Å². The molecule has 0 aromatic heterocycles. The van der Waals surface area contributed by atoms with Crippen molar-refractivity contribution >= 4 is 0 Å². The normalized spacial score (nSPS) is 20.6. The number of rotatable bonds is 10. The molecule has 1 aliphatic rings. The van der Waals surface area contributed by atoms with E-state index >= 15 is 0 Å². The zero-order chi connectivity index (χ0) is 28.8. The highest BCUT2D eigenvalue weighted by molar-refractivity contribution is 5.64. The van der Waals surface area contributed by atoms with E-state index in [0.717, 1.165) is 38.9 Å². The van der Waals surface area contributed by atoms with Crippen LogP contribution in [0.5, 0.6) is 0 Å². The standard InChI is InChI=1S/C35H40N2O4/c1-24(34(39)29-8-4-3-5-9-29)37(2)22-32-20-33(28-13-11-25(23-38)12-14-28)41-35(40-32)30-17-15-27(16-18-30)31-10-6-7-26(19-31)21-36/h3-19,24,32-35,38-39H,20-23,36H2,1-2H3. The van der Waals surface area contributed by atoms with Crippen molar-refractivity contribution in [3.8, 4) is 11.1 Å². The second-order valence-corrected chi connectivity index (χ2v) is 10.9. The Balaban J connectivity index is 1.35. The van der Waals surface area contributed by atoms with Gasteiger partial charge in [-0.15, -0.1) is 0 Å². The summed E-state index contributed by atoms with van der Waals surface area (Å²) in [4.78, 5) is 2.16. The molecule has 1 heterocycles. The van der Waals surface area contributed by atoms with E-state index in [1.807, 2.05) is 80.7 Å². The Labute approximate surface area is 243 Å². The molecule has 5 rings (SSSR count). The molecule has 1 fully saturated rings. The van der Waals surface area contributed by atoms with E-state index in [0.29, 0.717) is 19.5 Å². The molecule has 5 atom stereocenters. The van der Waals surface area contributed by atoms with Crippen LogP contribution in [0.3, 0.4) is 0 Å². The average Bonchev–Trinajstić information content (AvgIpc) is 3.04. The first-order chi connectivity index (χ1) is 19.9. The zero-order valence-electron chi connectivity index (χ0n) is 23.8. The van der Waals surface area contributed by atoms with Gasteiger partial charge >= 0.3 is 0 Å². The lowest BCUT2D eigenvalue weighted by Gasteiger charge is -2.39. The number of benzene rings is 4. The van der Waals surface area contributed by atoms with Crippen LogP contribution in [0.15, 0.2) is 103 Å². The molecule has 214 valence electrons. The van der Waals surface area contributed by atoms with Gasteiger partial charge in [0.2, 0.25) is 0 Å². The summed E-state index contributed by atoms with van der Waals surface area (Å²) in [5.74, 6) is 0. The molecule has 41 heavy (non-hydrogen) atoms. The zero-order valence-corrected chi connectivity index (χ0v) is 23.8. The van der Waals surface area contributed by atoms with Crippen molar-refractivity contribution in [2.75, 3.05) is 13.6 Å². The molecule has 4 N–H and O–H groups in total. The van der Waals surface area contributed by atoms with Gasteiger partial charge in [-0.2, -0.15) is 0 Å². The lowest BCUT2D eigenvalue weighted by atomic mass is 9.98. The van der Waals surface area contributed by atoms with Gasteiger partial charge in [-0.1, -0.05) is 97.1 Å². The Morgan fingerprint density at radius 1 is 0.829 bits per heavy atom. The second kappa shape index (κ2) is 13.5. The number of likely N-dealkylation sites (N-methyl/N-ethyl adjacent to an activating group) is 1. The minimum atomic E-state index is -0.607. The van der Waals surface area contributed by atoms with E-state index in [9.17, 15) is 10.2 Å². The van der Waals surface area contributed by atoms with Crippen LogP contribution >= 0.6 is 0 Å². The average molecular weight is 553 g/mol. The van der Waals surface area contributed by atoms with E-state index in [1.165, 1.54) is 0 Å². The number of hydrogen-bond acceptors (Lipinski definition) is 6. The van der Waals surface area contributed by atoms with E-state index in [4.69, 9.17) is 15.2 Å². The molecule has 1 saturated heterocycles. The largest absolute Gasteiger partial charge is 0.392 e. The number of hydrogen-bond donors (Lipinski definition) is 3. The quantitative estimate of drug-likeness (QED) is 0.227. The molecular formula is C35H40N2O4. The number of ether oxygens (including phenoxy) is 2. The SMILES string of the molecule is CC(C(O)c1ccccc1)N(C)CC1CC(c2ccc(CO)cc2)OC(c2ccc(-c3cccc(CN)c3)cc2)O1. The summed E-state index contributed by atoms with van der Waals surface area (Å²) < 4.78 is 13.1. The molecule has 0 bridgehead atoms. The fourth-order valence-electron chi connectivity index (χ4n) is 5.40. The maximum atomic E-state index is 11.0. The van der Waals surface area contributed by atoms with Crippen LogP contribution in [0.25, 0.3) is 11.1 Å². The Morgan fingerprint density at radius 2 is 1.54 bits per heavy atom. The summed E-state index contributed by atoms with van der Waals surface area (Å²) in [5.41, 5.74) is 12.9. The Bertz CT molecular complexity index is 1380. The highest BCUT2D eigenvalue weighted by atomic mass is 16.7. The molecule has 0 amide bonds. The van der Waals surface area contributed by atoms with Crippen molar-refractivity contribution in [1.29, 1.82) is 0 Å². The Morgan fingerprint density at radius 3 is 2.22 bits per heavy atom. The van der Waals surface area contributed by atoms with Crippen LogP contribution in [0.2, 0.25) is 0 Å². The van der Waals surface area contributed by atoms with E-state index in [-0.39, 0.29) is 24.9 Å². The molecule has 0 radical (unpaired) electrons. The summed E-state index contributed by atoms with van der Waals surface area (Å²) >= 11 is 0. The molecule has 6 heteroatoms. The Kier molecular flexibility index (Phi) is 9.62. The summed E-state index contributed by atoms with van der Waals surface area (Å²) in [6.45, 7) is 3.19. The monoisotopic (exact) mass is 552 g/mol. The number of nitrogens with zero attached hydrogens (tertiary/aromatic N) is 1. The number of aliphatic hydroxyl groups excluding tert-OH is 2. The van der Waals surface area contributed by atoms with Gasteiger partial charge in [0.15, 0.2) is 6.29 Å². The van der Waals surface area contributed by atoms with Crippen LogP contribution < -0.4 is 5.73 Å². The lowest BCUT2D eigenvalue weighted by Crippen LogP contribution is -2.43. The maximum absolute atomic E-state index is 11.0. The summed E-state index contributed by atoms with van der Waals surface area (Å²) in [7, 11) is 2.03. The van der Waals surface area contributed by atoms with Gasteiger partial charge in [0.1, 0.15) is 0 Å². The fourth-order valence-corrected chi connectivity index (χ4v) is 5.40. The second-order valence-electron chi connectivity index (χ2n) is 10.9.